The first-order chi connectivity index (χ1) is 14.5. The lowest BCUT2D eigenvalue weighted by Gasteiger charge is -2.28. The zero-order valence-electron chi connectivity index (χ0n) is 18.8. The van der Waals surface area contributed by atoms with Crippen LogP contribution in [0.5, 0.6) is 5.75 Å². The third-order valence-corrected chi connectivity index (χ3v) is 7.73. The molecular weight excluding hydrogens is 418 g/mol. The van der Waals surface area contributed by atoms with Gasteiger partial charge >= 0.3 is 5.97 Å². The molecule has 0 bridgehead atoms. The van der Waals surface area contributed by atoms with Gasteiger partial charge in [0.05, 0.1) is 6.10 Å². The number of aryl methyl sites for hydroxylation is 1. The van der Waals surface area contributed by atoms with Crippen molar-refractivity contribution in [3.63, 3.8) is 0 Å². The summed E-state index contributed by atoms with van der Waals surface area (Å²) in [5.41, 5.74) is 0.204. The van der Waals surface area contributed by atoms with Crippen LogP contribution in [0.4, 0.5) is 0 Å². The van der Waals surface area contributed by atoms with Crippen molar-refractivity contribution in [3.8, 4) is 5.75 Å². The maximum Gasteiger partial charge on any atom is 0.324 e. The summed E-state index contributed by atoms with van der Waals surface area (Å²) in [6, 6.07) is 4.20. The SMILES string of the molecule is Cc1ccc(S(=O)(=O)N2CCC[C@H]2C(=O)OC(C)(C)C)c(O[C@@H]2CC[C@H](CC=O)C2)c1. The molecule has 1 saturated heterocycles. The number of carbonyl (C=O) groups excluding carboxylic acids is 2. The van der Waals surface area contributed by atoms with Crippen molar-refractivity contribution >= 4 is 22.3 Å². The molecule has 0 spiro atoms. The molecule has 7 nitrogen and oxygen atoms in total. The normalized spacial score (nSPS) is 24.8. The smallest absolute Gasteiger partial charge is 0.324 e. The van der Waals surface area contributed by atoms with Crippen LogP contribution in [0.15, 0.2) is 23.1 Å². The lowest BCUT2D eigenvalue weighted by molar-refractivity contribution is -0.158. The predicted molar refractivity (Wildman–Crippen MR) is 116 cm³/mol. The molecule has 1 aromatic rings. The van der Waals surface area contributed by atoms with E-state index in [9.17, 15) is 18.0 Å². The topological polar surface area (TPSA) is 90.0 Å². The molecular formula is C23H33NO6S. The van der Waals surface area contributed by atoms with E-state index < -0.39 is 27.6 Å². The van der Waals surface area contributed by atoms with Gasteiger partial charge in [0.2, 0.25) is 10.0 Å². The van der Waals surface area contributed by atoms with Gasteiger partial charge in [-0.1, -0.05) is 6.07 Å². The third-order valence-electron chi connectivity index (χ3n) is 5.78. The molecule has 1 aliphatic heterocycles. The molecule has 3 atom stereocenters. The first kappa shape index (κ1) is 23.7. The predicted octanol–water partition coefficient (Wildman–Crippen LogP) is 3.63. The van der Waals surface area contributed by atoms with E-state index in [1.807, 2.05) is 6.92 Å². The van der Waals surface area contributed by atoms with Gasteiger partial charge in [-0.2, -0.15) is 4.31 Å². The Kier molecular flexibility index (Phi) is 7.11. The van der Waals surface area contributed by atoms with Gasteiger partial charge in [-0.05, 0) is 83.4 Å². The minimum Gasteiger partial charge on any atom is -0.489 e. The monoisotopic (exact) mass is 451 g/mol. The first-order valence-corrected chi connectivity index (χ1v) is 12.4. The number of hydrogen-bond acceptors (Lipinski definition) is 6. The summed E-state index contributed by atoms with van der Waals surface area (Å²) in [6.45, 7) is 7.45. The highest BCUT2D eigenvalue weighted by atomic mass is 32.2. The molecule has 0 aromatic heterocycles. The Morgan fingerprint density at radius 2 is 1.97 bits per heavy atom. The van der Waals surface area contributed by atoms with Crippen molar-refractivity contribution < 1.29 is 27.5 Å². The fourth-order valence-electron chi connectivity index (χ4n) is 4.35. The van der Waals surface area contributed by atoms with Crippen molar-refractivity contribution in [1.82, 2.24) is 4.31 Å². The molecule has 8 heteroatoms. The zero-order valence-corrected chi connectivity index (χ0v) is 19.6. The van der Waals surface area contributed by atoms with Gasteiger partial charge in [0.1, 0.15) is 28.6 Å². The summed E-state index contributed by atoms with van der Waals surface area (Å²) >= 11 is 0. The van der Waals surface area contributed by atoms with E-state index in [0.29, 0.717) is 25.0 Å². The molecule has 31 heavy (non-hydrogen) atoms. The Hall–Kier alpha value is -1.93. The van der Waals surface area contributed by atoms with E-state index in [1.54, 1.807) is 39.0 Å². The second-order valence-electron chi connectivity index (χ2n) is 9.58. The van der Waals surface area contributed by atoms with Crippen LogP contribution in [0, 0.1) is 12.8 Å². The molecule has 1 aliphatic carbocycles. The average Bonchev–Trinajstić information content (AvgIpc) is 3.30. The number of carbonyl (C=O) groups is 2. The van der Waals surface area contributed by atoms with E-state index in [1.165, 1.54) is 4.31 Å². The highest BCUT2D eigenvalue weighted by Gasteiger charge is 2.42. The molecule has 3 rings (SSSR count). The van der Waals surface area contributed by atoms with Gasteiger partial charge in [0.15, 0.2) is 0 Å². The maximum absolute atomic E-state index is 13.6. The van der Waals surface area contributed by atoms with Crippen molar-refractivity contribution in [2.45, 2.75) is 88.9 Å². The lowest BCUT2D eigenvalue weighted by atomic mass is 10.1. The van der Waals surface area contributed by atoms with Crippen LogP contribution in [-0.4, -0.2) is 49.3 Å². The van der Waals surface area contributed by atoms with Crippen LogP contribution in [0.25, 0.3) is 0 Å². The number of ether oxygens (including phenoxy) is 2. The molecule has 2 fully saturated rings. The van der Waals surface area contributed by atoms with E-state index in [4.69, 9.17) is 9.47 Å². The number of sulfonamides is 1. The first-order valence-electron chi connectivity index (χ1n) is 11.0. The molecule has 2 aliphatic rings. The van der Waals surface area contributed by atoms with Gasteiger partial charge < -0.3 is 14.3 Å². The average molecular weight is 452 g/mol. The fraction of sp³-hybridized carbons (Fsp3) is 0.652. The zero-order chi connectivity index (χ0) is 22.8. The largest absolute Gasteiger partial charge is 0.489 e. The summed E-state index contributed by atoms with van der Waals surface area (Å²) in [6.07, 6.45) is 4.76. The number of hydrogen-bond donors (Lipinski definition) is 0. The van der Waals surface area contributed by atoms with Crippen LogP contribution in [-0.2, 0) is 24.3 Å². The van der Waals surface area contributed by atoms with E-state index >= 15 is 0 Å². The Morgan fingerprint density at radius 1 is 1.23 bits per heavy atom. The highest BCUT2D eigenvalue weighted by molar-refractivity contribution is 7.89. The number of rotatable bonds is 7. The number of esters is 1. The highest BCUT2D eigenvalue weighted by Crippen LogP contribution is 2.36. The Morgan fingerprint density at radius 3 is 2.65 bits per heavy atom. The van der Waals surface area contributed by atoms with Crippen molar-refractivity contribution in [2.24, 2.45) is 5.92 Å². The minimum absolute atomic E-state index is 0.0763. The lowest BCUT2D eigenvalue weighted by Crippen LogP contribution is -2.43. The van der Waals surface area contributed by atoms with Crippen LogP contribution in [0.3, 0.4) is 0 Å². The Bertz CT molecular complexity index is 920. The van der Waals surface area contributed by atoms with Crippen LogP contribution in [0.2, 0.25) is 0 Å². The van der Waals surface area contributed by atoms with Gasteiger partial charge in [0, 0.05) is 13.0 Å². The Labute approximate surface area is 185 Å². The molecule has 1 aromatic carbocycles. The van der Waals surface area contributed by atoms with Crippen LogP contribution >= 0.6 is 0 Å². The molecule has 0 N–H and O–H groups in total. The third kappa shape index (κ3) is 5.66. The standard InChI is InChI=1S/C23H33NO6S/c1-16-7-10-21(20(14-16)29-18-9-8-17(15-18)11-13-25)31(27,28)24-12-5-6-19(24)22(26)30-23(2,3)4/h7,10,13-14,17-19H,5-6,8-9,11-12,15H2,1-4H3/t17-,18-,19+/m1/s1. The summed E-state index contributed by atoms with van der Waals surface area (Å²) in [5, 5.41) is 0. The van der Waals surface area contributed by atoms with E-state index in [2.05, 4.69) is 0 Å². The summed E-state index contributed by atoms with van der Waals surface area (Å²) in [4.78, 5) is 23.6. The molecule has 172 valence electrons. The number of aldehydes is 1. The fourth-order valence-corrected chi connectivity index (χ4v) is 6.10. The number of benzene rings is 1. The quantitative estimate of drug-likeness (QED) is 0.465. The second-order valence-corrected chi connectivity index (χ2v) is 11.4. The van der Waals surface area contributed by atoms with Gasteiger partial charge in [0.25, 0.3) is 0 Å². The summed E-state index contributed by atoms with van der Waals surface area (Å²) in [7, 11) is -3.95. The second kappa shape index (κ2) is 9.28. The molecule has 0 radical (unpaired) electrons. The molecule has 1 heterocycles. The molecule has 0 unspecified atom stereocenters. The van der Waals surface area contributed by atoms with Crippen LogP contribution in [0.1, 0.15) is 64.9 Å². The van der Waals surface area contributed by atoms with E-state index in [-0.39, 0.29) is 23.5 Å². The molecule has 0 amide bonds. The van der Waals surface area contributed by atoms with E-state index in [0.717, 1.165) is 31.1 Å². The van der Waals surface area contributed by atoms with Gasteiger partial charge in [-0.25, -0.2) is 8.42 Å². The van der Waals surface area contributed by atoms with Crippen molar-refractivity contribution in [3.05, 3.63) is 23.8 Å². The Balaban J connectivity index is 1.85. The summed E-state index contributed by atoms with van der Waals surface area (Å²) < 4.78 is 40.0. The maximum atomic E-state index is 13.6. The van der Waals surface area contributed by atoms with Crippen LogP contribution < -0.4 is 4.74 Å². The van der Waals surface area contributed by atoms with Gasteiger partial charge in [-0.15, -0.1) is 0 Å². The molecule has 1 saturated carbocycles. The summed E-state index contributed by atoms with van der Waals surface area (Å²) in [5.74, 6) is 0.0738. The number of nitrogens with zero attached hydrogens (tertiary/aromatic N) is 1. The van der Waals surface area contributed by atoms with Gasteiger partial charge in [-0.3, -0.25) is 4.79 Å². The van der Waals surface area contributed by atoms with Crippen molar-refractivity contribution in [1.29, 1.82) is 0 Å². The van der Waals surface area contributed by atoms with Crippen molar-refractivity contribution in [2.75, 3.05) is 6.54 Å². The minimum atomic E-state index is -3.95.